The van der Waals surface area contributed by atoms with Crippen LogP contribution in [0.3, 0.4) is 0 Å². The van der Waals surface area contributed by atoms with Gasteiger partial charge in [-0.1, -0.05) is 0 Å². The number of aliphatic hydroxyl groups is 3. The molecule has 126 valence electrons. The Hall–Kier alpha value is -1.75. The van der Waals surface area contributed by atoms with Crippen molar-refractivity contribution in [1.29, 1.82) is 0 Å². The molecule has 0 radical (unpaired) electrons. The highest BCUT2D eigenvalue weighted by Crippen LogP contribution is 2.37. The number of aryl methyl sites for hydroxylation is 1. The molecule has 1 aliphatic heterocycles. The van der Waals surface area contributed by atoms with Crippen LogP contribution in [-0.2, 0) is 4.74 Å². The lowest BCUT2D eigenvalue weighted by Crippen LogP contribution is -2.46. The predicted octanol–water partition coefficient (Wildman–Crippen LogP) is 0.282. The highest BCUT2D eigenvalue weighted by molar-refractivity contribution is 5.78. The first kappa shape index (κ1) is 16.1. The monoisotopic (exact) mass is 333 g/mol. The smallest absolute Gasteiger partial charge is 0.387 e. The van der Waals surface area contributed by atoms with Crippen molar-refractivity contribution in [3.8, 4) is 0 Å². The molecule has 5 atom stereocenters. The van der Waals surface area contributed by atoms with Gasteiger partial charge in [0.05, 0.1) is 5.69 Å². The first-order valence-corrected chi connectivity index (χ1v) is 6.76. The first-order valence-electron chi connectivity index (χ1n) is 6.76. The van der Waals surface area contributed by atoms with Gasteiger partial charge in [0.15, 0.2) is 12.3 Å². The molecule has 1 saturated heterocycles. The number of aromatic nitrogens is 3. The van der Waals surface area contributed by atoms with E-state index in [-0.39, 0.29) is 0 Å². The maximum absolute atomic E-state index is 12.6. The number of hydrogen-bond acceptors (Lipinski definition) is 6. The summed E-state index contributed by atoms with van der Waals surface area (Å²) in [5, 5.41) is 29.8. The maximum Gasteiger partial charge on any atom is 0.417 e. The SMILES string of the molecule is Cc1ncnc2c1ccn2[C@@H]1O[C@H](C(O)C(F)(F)F)[C@@H](O)[C@H]1O. The van der Waals surface area contributed by atoms with E-state index >= 15 is 0 Å². The van der Waals surface area contributed by atoms with Crippen molar-refractivity contribution in [2.75, 3.05) is 0 Å². The summed E-state index contributed by atoms with van der Waals surface area (Å²) in [6.07, 6.45) is -12.0. The third-order valence-electron chi connectivity index (χ3n) is 3.90. The summed E-state index contributed by atoms with van der Waals surface area (Å²) in [5.74, 6) is 0. The van der Waals surface area contributed by atoms with E-state index in [4.69, 9.17) is 4.74 Å². The summed E-state index contributed by atoms with van der Waals surface area (Å²) < 4.78 is 44.3. The average molecular weight is 333 g/mol. The number of halogens is 3. The fourth-order valence-corrected chi connectivity index (χ4v) is 2.67. The molecule has 0 aliphatic carbocycles. The van der Waals surface area contributed by atoms with Gasteiger partial charge in [-0.25, -0.2) is 9.97 Å². The molecule has 0 aromatic carbocycles. The zero-order valence-electron chi connectivity index (χ0n) is 11.8. The van der Waals surface area contributed by atoms with Crippen molar-refractivity contribution in [3.63, 3.8) is 0 Å². The van der Waals surface area contributed by atoms with Crippen LogP contribution < -0.4 is 0 Å². The van der Waals surface area contributed by atoms with Crippen LogP contribution in [0.25, 0.3) is 11.0 Å². The van der Waals surface area contributed by atoms with Gasteiger partial charge in [-0.2, -0.15) is 13.2 Å². The summed E-state index contributed by atoms with van der Waals surface area (Å²) >= 11 is 0. The van der Waals surface area contributed by atoms with E-state index in [1.165, 1.54) is 17.1 Å². The molecule has 0 bridgehead atoms. The predicted molar refractivity (Wildman–Crippen MR) is 70.3 cm³/mol. The number of ether oxygens (including phenoxy) is 1. The Kier molecular flexibility index (Phi) is 3.79. The van der Waals surface area contributed by atoms with Gasteiger partial charge in [0.2, 0.25) is 0 Å². The number of aliphatic hydroxyl groups excluding tert-OH is 3. The van der Waals surface area contributed by atoms with E-state index in [1.807, 2.05) is 0 Å². The van der Waals surface area contributed by atoms with Gasteiger partial charge in [0.1, 0.15) is 30.3 Å². The van der Waals surface area contributed by atoms with Crippen molar-refractivity contribution in [2.45, 2.75) is 43.7 Å². The number of fused-ring (bicyclic) bond motifs is 1. The lowest BCUT2D eigenvalue weighted by molar-refractivity contribution is -0.244. The van der Waals surface area contributed by atoms with Gasteiger partial charge in [-0.3, -0.25) is 0 Å². The number of rotatable bonds is 2. The second-order valence-electron chi connectivity index (χ2n) is 5.38. The quantitative estimate of drug-likeness (QED) is 0.730. The zero-order valence-corrected chi connectivity index (χ0v) is 11.8. The highest BCUT2D eigenvalue weighted by atomic mass is 19.4. The molecule has 23 heavy (non-hydrogen) atoms. The van der Waals surface area contributed by atoms with Gasteiger partial charge in [-0.05, 0) is 13.0 Å². The molecule has 2 aromatic rings. The fraction of sp³-hybridized carbons (Fsp3) is 0.538. The van der Waals surface area contributed by atoms with Crippen LogP contribution in [-0.4, -0.2) is 60.4 Å². The fourth-order valence-electron chi connectivity index (χ4n) is 2.67. The van der Waals surface area contributed by atoms with E-state index in [1.54, 1.807) is 13.0 Å². The van der Waals surface area contributed by atoms with E-state index in [2.05, 4.69) is 9.97 Å². The molecule has 0 saturated carbocycles. The topological polar surface area (TPSA) is 101 Å². The molecule has 10 heteroatoms. The van der Waals surface area contributed by atoms with Crippen LogP contribution in [0.5, 0.6) is 0 Å². The molecule has 0 amide bonds. The number of alkyl halides is 3. The van der Waals surface area contributed by atoms with E-state index < -0.39 is 36.8 Å². The van der Waals surface area contributed by atoms with Crippen LogP contribution in [0.2, 0.25) is 0 Å². The van der Waals surface area contributed by atoms with Crippen molar-refractivity contribution in [2.24, 2.45) is 0 Å². The van der Waals surface area contributed by atoms with Crippen molar-refractivity contribution in [3.05, 3.63) is 24.3 Å². The minimum Gasteiger partial charge on any atom is -0.387 e. The molecule has 1 fully saturated rings. The van der Waals surface area contributed by atoms with Gasteiger partial charge in [-0.15, -0.1) is 0 Å². The molecule has 2 aromatic heterocycles. The molecule has 0 spiro atoms. The lowest BCUT2D eigenvalue weighted by Gasteiger charge is -2.23. The zero-order chi connectivity index (χ0) is 16.9. The minimum absolute atomic E-state index is 0.343. The largest absolute Gasteiger partial charge is 0.417 e. The lowest BCUT2D eigenvalue weighted by atomic mass is 10.1. The summed E-state index contributed by atoms with van der Waals surface area (Å²) in [6.45, 7) is 1.73. The molecule has 3 rings (SSSR count). The van der Waals surface area contributed by atoms with Gasteiger partial charge < -0.3 is 24.6 Å². The van der Waals surface area contributed by atoms with Crippen LogP contribution in [0, 0.1) is 6.92 Å². The molecule has 1 unspecified atom stereocenters. The second-order valence-corrected chi connectivity index (χ2v) is 5.38. The van der Waals surface area contributed by atoms with Gasteiger partial charge in [0, 0.05) is 11.6 Å². The van der Waals surface area contributed by atoms with Crippen LogP contribution in [0.1, 0.15) is 11.9 Å². The van der Waals surface area contributed by atoms with Crippen LogP contribution >= 0.6 is 0 Å². The molecular formula is C13H14F3N3O4. The summed E-state index contributed by atoms with van der Waals surface area (Å²) in [4.78, 5) is 8.01. The van der Waals surface area contributed by atoms with Crippen LogP contribution in [0.15, 0.2) is 18.6 Å². The van der Waals surface area contributed by atoms with Crippen molar-refractivity contribution >= 4 is 11.0 Å². The van der Waals surface area contributed by atoms with Gasteiger partial charge >= 0.3 is 6.18 Å². The molecule has 3 heterocycles. The summed E-state index contributed by atoms with van der Waals surface area (Å²) in [6, 6.07) is 1.63. The maximum atomic E-state index is 12.6. The Morgan fingerprint density at radius 3 is 2.61 bits per heavy atom. The Bertz CT molecular complexity index is 720. The Morgan fingerprint density at radius 2 is 1.96 bits per heavy atom. The van der Waals surface area contributed by atoms with E-state index in [0.29, 0.717) is 16.7 Å². The number of nitrogens with zero attached hydrogens (tertiary/aromatic N) is 3. The normalized spacial score (nSPS) is 30.0. The van der Waals surface area contributed by atoms with Crippen molar-refractivity contribution in [1.82, 2.24) is 14.5 Å². The number of hydrogen-bond donors (Lipinski definition) is 3. The van der Waals surface area contributed by atoms with Gasteiger partial charge in [0.25, 0.3) is 0 Å². The summed E-state index contributed by atoms with van der Waals surface area (Å²) in [7, 11) is 0. The first-order chi connectivity index (χ1) is 10.7. The van der Waals surface area contributed by atoms with E-state index in [9.17, 15) is 28.5 Å². The average Bonchev–Trinajstić information content (AvgIpc) is 3.02. The summed E-state index contributed by atoms with van der Waals surface area (Å²) in [5.41, 5.74) is 0.990. The van der Waals surface area contributed by atoms with E-state index in [0.717, 1.165) is 0 Å². The van der Waals surface area contributed by atoms with Crippen LogP contribution in [0.4, 0.5) is 13.2 Å². The Balaban J connectivity index is 1.96. The molecule has 1 aliphatic rings. The standard InChI is InChI=1S/C13H14F3N3O4/c1-5-6-2-3-19(11(6)18-4-17-5)12-8(21)7(20)9(23-12)10(22)13(14,15)16/h2-4,7-10,12,20-22H,1H3/t7-,8+,9-,10?,12+/m0/s1. The van der Waals surface area contributed by atoms with Crippen molar-refractivity contribution < 1.29 is 33.2 Å². The highest BCUT2D eigenvalue weighted by Gasteiger charge is 2.55. The molecule has 3 N–H and O–H groups in total. The third kappa shape index (κ3) is 2.57. The second kappa shape index (κ2) is 5.41. The molecule has 7 nitrogen and oxygen atoms in total. The Labute approximate surface area is 128 Å². The Morgan fingerprint density at radius 1 is 1.26 bits per heavy atom. The molecular weight excluding hydrogens is 319 g/mol. The third-order valence-corrected chi connectivity index (χ3v) is 3.90. The minimum atomic E-state index is -4.97.